The average Bonchev–Trinajstić information content (AvgIpc) is 2.93. The topological polar surface area (TPSA) is 240 Å². The Morgan fingerprint density at radius 2 is 1.57 bits per heavy atom. The van der Waals surface area contributed by atoms with Gasteiger partial charge in [0.1, 0.15) is 82.8 Å². The summed E-state index contributed by atoms with van der Waals surface area (Å²) in [5.74, 6) is -1.12. The minimum atomic E-state index is -1.86. The van der Waals surface area contributed by atoms with E-state index < -0.39 is 79.5 Å². The van der Waals surface area contributed by atoms with Crippen LogP contribution in [0, 0.1) is 0 Å². The van der Waals surface area contributed by atoms with Gasteiger partial charge in [-0.05, 0) is 24.3 Å². The molecule has 1 aromatic heterocycles. The van der Waals surface area contributed by atoms with Crippen LogP contribution in [0.2, 0.25) is 0 Å². The van der Waals surface area contributed by atoms with Crippen LogP contribution in [-0.2, 0) is 9.47 Å². The molecule has 9 N–H and O–H groups in total. The third kappa shape index (κ3) is 4.89. The van der Waals surface area contributed by atoms with Crippen LogP contribution in [0.3, 0.4) is 0 Å². The van der Waals surface area contributed by atoms with Crippen LogP contribution in [0.4, 0.5) is 0 Å². The van der Waals surface area contributed by atoms with Gasteiger partial charge in [0.25, 0.3) is 0 Å². The van der Waals surface area contributed by atoms with Gasteiger partial charge in [0.05, 0.1) is 18.8 Å². The summed E-state index contributed by atoms with van der Waals surface area (Å²) in [4.78, 5) is 13.2. The van der Waals surface area contributed by atoms with Crippen molar-refractivity contribution >= 4 is 11.0 Å². The van der Waals surface area contributed by atoms with Gasteiger partial charge in [-0.15, -0.1) is 0 Å². The highest BCUT2D eigenvalue weighted by molar-refractivity contribution is 5.88. The number of ether oxygens (including phenoxy) is 3. The molecule has 2 fully saturated rings. The zero-order valence-electron chi connectivity index (χ0n) is 20.6. The van der Waals surface area contributed by atoms with Crippen molar-refractivity contribution in [2.45, 2.75) is 55.1 Å². The first-order chi connectivity index (χ1) is 19.0. The molecular weight excluding hydrogens is 536 g/mol. The molecule has 2 aliphatic rings. The van der Waals surface area contributed by atoms with Gasteiger partial charge in [0.15, 0.2) is 5.43 Å². The number of hydrogen-bond acceptors (Lipinski definition) is 14. The van der Waals surface area contributed by atoms with E-state index in [1.54, 1.807) is 0 Å². The SMILES string of the molecule is O=c1cc(-c2ccc(O)cc2)oc2cc(O[C@@H]3OC(CO)[C@@H](O)[C@H](O)C3O)c([C@@H]3OC[C@@H](O)[C@H](O)C3O)c(O)c12. The molecule has 2 saturated heterocycles. The van der Waals surface area contributed by atoms with Crippen LogP contribution >= 0.6 is 0 Å². The maximum absolute atomic E-state index is 13.2. The van der Waals surface area contributed by atoms with E-state index in [9.17, 15) is 50.8 Å². The highest BCUT2D eigenvalue weighted by atomic mass is 16.7. The first-order valence-corrected chi connectivity index (χ1v) is 12.3. The third-order valence-electron chi connectivity index (χ3n) is 7.02. The number of aliphatic hydroxyl groups is 7. The van der Waals surface area contributed by atoms with Gasteiger partial charge >= 0.3 is 0 Å². The van der Waals surface area contributed by atoms with Crippen LogP contribution in [0.25, 0.3) is 22.3 Å². The Hall–Kier alpha value is -3.31. The highest BCUT2D eigenvalue weighted by Gasteiger charge is 2.46. The Morgan fingerprint density at radius 1 is 0.875 bits per heavy atom. The molecule has 14 nitrogen and oxygen atoms in total. The van der Waals surface area contributed by atoms with Gasteiger partial charge in [-0.3, -0.25) is 4.79 Å². The van der Waals surface area contributed by atoms with Crippen LogP contribution in [0.5, 0.6) is 17.2 Å². The van der Waals surface area contributed by atoms with Crippen molar-refractivity contribution in [1.82, 2.24) is 0 Å². The maximum Gasteiger partial charge on any atom is 0.229 e. The lowest BCUT2D eigenvalue weighted by molar-refractivity contribution is -0.278. The first-order valence-electron chi connectivity index (χ1n) is 12.3. The highest BCUT2D eigenvalue weighted by Crippen LogP contribution is 2.45. The molecule has 3 heterocycles. The third-order valence-corrected chi connectivity index (χ3v) is 7.02. The van der Waals surface area contributed by atoms with Gasteiger partial charge in [0, 0.05) is 17.7 Å². The predicted octanol–water partition coefficient (Wildman–Crippen LogP) is -1.80. The number of rotatable bonds is 5. The zero-order chi connectivity index (χ0) is 28.9. The van der Waals surface area contributed by atoms with Gasteiger partial charge in [0.2, 0.25) is 6.29 Å². The summed E-state index contributed by atoms with van der Waals surface area (Å²) >= 11 is 0. The number of benzene rings is 2. The van der Waals surface area contributed by atoms with E-state index in [1.807, 2.05) is 0 Å². The second-order valence-corrected chi connectivity index (χ2v) is 9.65. The molecule has 0 saturated carbocycles. The molecule has 0 amide bonds. The molecule has 216 valence electrons. The first kappa shape index (κ1) is 28.2. The standard InChI is InChI=1S/C26H28O14/c27-7-16-20(32)22(34)24(36)26(40-16)39-15-6-14-17(11(29)5-13(38-14)9-1-3-10(28)4-2-9)21(33)18(15)25-23(35)19(31)12(30)8-37-25/h1-6,12,16,19-20,22-28,30-36H,7-8H2/t12-,16?,19+,20-,22+,23?,24?,25+,26-/m1/s1. The summed E-state index contributed by atoms with van der Waals surface area (Å²) in [7, 11) is 0. The largest absolute Gasteiger partial charge is 0.508 e. The van der Waals surface area contributed by atoms with Crippen molar-refractivity contribution in [3.05, 3.63) is 52.2 Å². The summed E-state index contributed by atoms with van der Waals surface area (Å²) in [5.41, 5.74) is -0.900. The molecule has 0 bridgehead atoms. The minimum absolute atomic E-state index is 0.0252. The van der Waals surface area contributed by atoms with E-state index in [2.05, 4.69) is 0 Å². The quantitative estimate of drug-likeness (QED) is 0.166. The number of aromatic hydroxyl groups is 2. The maximum atomic E-state index is 13.2. The van der Waals surface area contributed by atoms with E-state index in [4.69, 9.17) is 18.6 Å². The molecule has 3 unspecified atom stereocenters. The average molecular weight is 564 g/mol. The molecule has 3 aromatic rings. The zero-order valence-corrected chi connectivity index (χ0v) is 20.6. The second-order valence-electron chi connectivity index (χ2n) is 9.65. The number of fused-ring (bicyclic) bond motifs is 1. The lowest BCUT2D eigenvalue weighted by atomic mass is 9.92. The van der Waals surface area contributed by atoms with Crippen molar-refractivity contribution in [2.75, 3.05) is 13.2 Å². The van der Waals surface area contributed by atoms with Crippen LogP contribution < -0.4 is 10.2 Å². The van der Waals surface area contributed by atoms with Crippen molar-refractivity contribution in [1.29, 1.82) is 0 Å². The lowest BCUT2D eigenvalue weighted by Gasteiger charge is -2.40. The summed E-state index contributed by atoms with van der Waals surface area (Å²) in [6.45, 7) is -1.21. The fourth-order valence-corrected chi connectivity index (χ4v) is 4.79. The van der Waals surface area contributed by atoms with Crippen LogP contribution in [0.1, 0.15) is 11.7 Å². The molecule has 2 aromatic carbocycles. The molecule has 5 rings (SSSR count). The summed E-state index contributed by atoms with van der Waals surface area (Å²) < 4.78 is 22.5. The molecule has 40 heavy (non-hydrogen) atoms. The molecule has 14 heteroatoms. The molecule has 2 aliphatic heterocycles. The normalized spacial score (nSPS) is 32.7. The van der Waals surface area contributed by atoms with Crippen molar-refractivity contribution in [3.8, 4) is 28.6 Å². The number of aliphatic hydroxyl groups excluding tert-OH is 7. The minimum Gasteiger partial charge on any atom is -0.508 e. The monoisotopic (exact) mass is 564 g/mol. The van der Waals surface area contributed by atoms with Gasteiger partial charge < -0.3 is 64.6 Å². The van der Waals surface area contributed by atoms with Crippen LogP contribution in [0.15, 0.2) is 45.6 Å². The van der Waals surface area contributed by atoms with E-state index in [-0.39, 0.29) is 33.8 Å². The van der Waals surface area contributed by atoms with Gasteiger partial charge in [-0.2, -0.15) is 0 Å². The molecule has 0 spiro atoms. The van der Waals surface area contributed by atoms with Gasteiger partial charge in [-0.25, -0.2) is 0 Å². The van der Waals surface area contributed by atoms with Crippen molar-refractivity contribution in [3.63, 3.8) is 0 Å². The van der Waals surface area contributed by atoms with E-state index in [1.165, 1.54) is 24.3 Å². The van der Waals surface area contributed by atoms with Crippen LogP contribution in [-0.4, -0.2) is 108 Å². The molecule has 0 radical (unpaired) electrons. The molecule has 9 atom stereocenters. The Bertz CT molecular complexity index is 1420. The Morgan fingerprint density at radius 3 is 2.25 bits per heavy atom. The summed E-state index contributed by atoms with van der Waals surface area (Å²) in [6, 6.07) is 7.93. The predicted molar refractivity (Wildman–Crippen MR) is 132 cm³/mol. The van der Waals surface area contributed by atoms with Crippen molar-refractivity contribution < 1.29 is 64.6 Å². The summed E-state index contributed by atoms with van der Waals surface area (Å²) in [5, 5.41) is 91.6. The second kappa shape index (κ2) is 10.9. The smallest absolute Gasteiger partial charge is 0.229 e. The fourth-order valence-electron chi connectivity index (χ4n) is 4.79. The Labute approximate surface area is 225 Å². The van der Waals surface area contributed by atoms with E-state index >= 15 is 0 Å². The summed E-state index contributed by atoms with van der Waals surface area (Å²) in [6.07, 6.45) is -15.0. The molecule has 0 aliphatic carbocycles. The molecular formula is C26H28O14. The fraction of sp³-hybridized carbons (Fsp3) is 0.423. The number of hydrogen-bond donors (Lipinski definition) is 9. The number of phenols is 2. The Balaban J connectivity index is 1.66. The van der Waals surface area contributed by atoms with Gasteiger partial charge in [-0.1, -0.05) is 0 Å². The number of phenolic OH excluding ortho intramolecular Hbond substituents is 2. The van der Waals surface area contributed by atoms with Crippen molar-refractivity contribution in [2.24, 2.45) is 0 Å². The Kier molecular flexibility index (Phi) is 7.71. The lowest BCUT2D eigenvalue weighted by Crippen LogP contribution is -2.60. The van der Waals surface area contributed by atoms with E-state index in [0.29, 0.717) is 5.56 Å². The van der Waals surface area contributed by atoms with E-state index in [0.717, 1.165) is 12.1 Å².